The third-order valence-corrected chi connectivity index (χ3v) is 4.33. The molecule has 0 aliphatic heterocycles. The van der Waals surface area contributed by atoms with Gasteiger partial charge >= 0.3 is 0 Å². The molecule has 0 amide bonds. The summed E-state index contributed by atoms with van der Waals surface area (Å²) in [5.41, 5.74) is 3.75. The predicted molar refractivity (Wildman–Crippen MR) is 93.1 cm³/mol. The minimum Gasteiger partial charge on any atom is -0.327 e. The van der Waals surface area contributed by atoms with Gasteiger partial charge in [-0.3, -0.25) is 0 Å². The van der Waals surface area contributed by atoms with Crippen LogP contribution < -0.4 is 0 Å². The molecule has 0 aliphatic carbocycles. The van der Waals surface area contributed by atoms with E-state index in [-0.39, 0.29) is 0 Å². The van der Waals surface area contributed by atoms with Crippen LogP contribution in [-0.2, 0) is 6.42 Å². The second-order valence-corrected chi connectivity index (χ2v) is 5.98. The second-order valence-electron chi connectivity index (χ2n) is 5.98. The number of hydrogen-bond donors (Lipinski definition) is 0. The van der Waals surface area contributed by atoms with Crippen LogP contribution in [0.15, 0.2) is 60.9 Å². The van der Waals surface area contributed by atoms with Crippen molar-refractivity contribution in [3.05, 3.63) is 66.5 Å². The van der Waals surface area contributed by atoms with Gasteiger partial charge in [-0.15, -0.1) is 0 Å². The van der Waals surface area contributed by atoms with E-state index in [0.717, 1.165) is 11.9 Å². The Morgan fingerprint density at radius 2 is 1.73 bits per heavy atom. The first-order chi connectivity index (χ1) is 10.9. The first-order valence-electron chi connectivity index (χ1n) is 8.34. The summed E-state index contributed by atoms with van der Waals surface area (Å²) in [4.78, 5) is 4.57. The maximum absolute atomic E-state index is 4.57. The molecule has 2 heteroatoms. The minimum absolute atomic E-state index is 0.487. The smallest absolute Gasteiger partial charge is 0.0961 e. The van der Waals surface area contributed by atoms with E-state index in [1.165, 1.54) is 36.8 Å². The first kappa shape index (κ1) is 14.8. The molecular weight excluding hydrogens is 268 g/mol. The minimum atomic E-state index is 0.487. The molecule has 1 aromatic heterocycles. The van der Waals surface area contributed by atoms with Gasteiger partial charge in [0.05, 0.1) is 17.4 Å². The van der Waals surface area contributed by atoms with Crippen molar-refractivity contribution in [2.24, 2.45) is 0 Å². The molecule has 1 heterocycles. The molecule has 0 spiro atoms. The van der Waals surface area contributed by atoms with E-state index < -0.39 is 0 Å². The zero-order chi connectivity index (χ0) is 15.2. The lowest BCUT2D eigenvalue weighted by molar-refractivity contribution is 0.449. The molecule has 0 aliphatic rings. The van der Waals surface area contributed by atoms with Crippen molar-refractivity contribution in [3.63, 3.8) is 0 Å². The maximum atomic E-state index is 4.57. The Kier molecular flexibility index (Phi) is 4.89. The number of rotatable bonds is 7. The highest BCUT2D eigenvalue weighted by atomic mass is 15.1. The molecule has 2 nitrogen and oxygen atoms in total. The van der Waals surface area contributed by atoms with E-state index in [2.05, 4.69) is 71.1 Å². The fourth-order valence-corrected chi connectivity index (χ4v) is 3.12. The SMILES string of the molecule is CCCCCC(Cc1ccccc1)n1cnc2ccccc21. The Balaban J connectivity index is 1.87. The number of para-hydroxylation sites is 2. The largest absolute Gasteiger partial charge is 0.327 e. The van der Waals surface area contributed by atoms with E-state index in [9.17, 15) is 0 Å². The molecular formula is C20H24N2. The van der Waals surface area contributed by atoms with Crippen molar-refractivity contribution >= 4 is 11.0 Å². The van der Waals surface area contributed by atoms with Gasteiger partial charge in [-0.05, 0) is 30.5 Å². The lowest BCUT2D eigenvalue weighted by Crippen LogP contribution is -2.11. The van der Waals surface area contributed by atoms with E-state index in [0.29, 0.717) is 6.04 Å². The molecule has 0 saturated heterocycles. The van der Waals surface area contributed by atoms with Gasteiger partial charge in [0.2, 0.25) is 0 Å². The molecule has 22 heavy (non-hydrogen) atoms. The summed E-state index contributed by atoms with van der Waals surface area (Å²) in [6.45, 7) is 2.26. The maximum Gasteiger partial charge on any atom is 0.0961 e. The van der Waals surface area contributed by atoms with E-state index in [4.69, 9.17) is 0 Å². The summed E-state index contributed by atoms with van der Waals surface area (Å²) >= 11 is 0. The number of imidazole rings is 1. The van der Waals surface area contributed by atoms with Crippen LogP contribution in [-0.4, -0.2) is 9.55 Å². The monoisotopic (exact) mass is 292 g/mol. The highest BCUT2D eigenvalue weighted by molar-refractivity contribution is 5.75. The molecule has 0 saturated carbocycles. The van der Waals surface area contributed by atoms with Gasteiger partial charge in [0.15, 0.2) is 0 Å². The van der Waals surface area contributed by atoms with Crippen molar-refractivity contribution in [3.8, 4) is 0 Å². The third-order valence-electron chi connectivity index (χ3n) is 4.33. The van der Waals surface area contributed by atoms with Crippen molar-refractivity contribution < 1.29 is 0 Å². The predicted octanol–water partition coefficient (Wildman–Crippen LogP) is 5.40. The van der Waals surface area contributed by atoms with Crippen LogP contribution in [0.1, 0.15) is 44.2 Å². The van der Waals surface area contributed by atoms with Gasteiger partial charge in [-0.2, -0.15) is 0 Å². The Labute approximate surface area is 132 Å². The van der Waals surface area contributed by atoms with Gasteiger partial charge in [-0.25, -0.2) is 4.98 Å². The Bertz CT molecular complexity index is 700. The summed E-state index contributed by atoms with van der Waals surface area (Å²) < 4.78 is 2.37. The first-order valence-corrected chi connectivity index (χ1v) is 8.34. The summed E-state index contributed by atoms with van der Waals surface area (Å²) in [6, 6.07) is 19.7. The van der Waals surface area contributed by atoms with E-state index in [1.54, 1.807) is 0 Å². The van der Waals surface area contributed by atoms with Crippen LogP contribution in [0.5, 0.6) is 0 Å². The zero-order valence-corrected chi connectivity index (χ0v) is 13.3. The molecule has 1 unspecified atom stereocenters. The van der Waals surface area contributed by atoms with Crippen LogP contribution in [0.2, 0.25) is 0 Å². The van der Waals surface area contributed by atoms with Crippen molar-refractivity contribution in [2.75, 3.05) is 0 Å². The van der Waals surface area contributed by atoms with Crippen molar-refractivity contribution in [1.82, 2.24) is 9.55 Å². The van der Waals surface area contributed by atoms with Gasteiger partial charge < -0.3 is 4.57 Å². The molecule has 0 N–H and O–H groups in total. The fourth-order valence-electron chi connectivity index (χ4n) is 3.12. The van der Waals surface area contributed by atoms with Crippen molar-refractivity contribution in [1.29, 1.82) is 0 Å². The fraction of sp³-hybridized carbons (Fsp3) is 0.350. The number of hydrogen-bond acceptors (Lipinski definition) is 1. The lowest BCUT2D eigenvalue weighted by Gasteiger charge is -2.20. The molecule has 3 rings (SSSR count). The van der Waals surface area contributed by atoms with Crippen LogP contribution in [0.3, 0.4) is 0 Å². The standard InChI is InChI=1S/C20H24N2/c1-2-3-5-12-18(15-17-10-6-4-7-11-17)22-16-21-19-13-8-9-14-20(19)22/h4,6-11,13-14,16,18H,2-3,5,12,15H2,1H3. The molecule has 0 bridgehead atoms. The quantitative estimate of drug-likeness (QED) is 0.533. The second kappa shape index (κ2) is 7.26. The van der Waals surface area contributed by atoms with E-state index >= 15 is 0 Å². The van der Waals surface area contributed by atoms with Gasteiger partial charge in [-0.1, -0.05) is 68.7 Å². The van der Waals surface area contributed by atoms with Crippen LogP contribution in [0.25, 0.3) is 11.0 Å². The van der Waals surface area contributed by atoms with Gasteiger partial charge in [0, 0.05) is 6.04 Å². The average molecular weight is 292 g/mol. The molecule has 114 valence electrons. The van der Waals surface area contributed by atoms with Gasteiger partial charge in [0.25, 0.3) is 0 Å². The summed E-state index contributed by atoms with van der Waals surface area (Å²) in [6.07, 6.45) is 8.15. The van der Waals surface area contributed by atoms with Gasteiger partial charge in [0.1, 0.15) is 0 Å². The normalized spacial score (nSPS) is 12.6. The topological polar surface area (TPSA) is 17.8 Å². The Hall–Kier alpha value is -2.09. The molecule has 0 radical (unpaired) electrons. The third kappa shape index (κ3) is 3.38. The van der Waals surface area contributed by atoms with E-state index in [1.807, 2.05) is 6.33 Å². The number of unbranched alkanes of at least 4 members (excludes halogenated alkanes) is 2. The zero-order valence-electron chi connectivity index (χ0n) is 13.3. The summed E-state index contributed by atoms with van der Waals surface area (Å²) in [5, 5.41) is 0. The number of benzene rings is 2. The average Bonchev–Trinajstić information content (AvgIpc) is 2.99. The molecule has 3 aromatic rings. The molecule has 1 atom stereocenters. The number of fused-ring (bicyclic) bond motifs is 1. The molecule has 0 fully saturated rings. The number of aromatic nitrogens is 2. The number of nitrogens with zero attached hydrogens (tertiary/aromatic N) is 2. The van der Waals surface area contributed by atoms with Crippen LogP contribution >= 0.6 is 0 Å². The van der Waals surface area contributed by atoms with Crippen molar-refractivity contribution in [2.45, 2.75) is 45.1 Å². The van der Waals surface area contributed by atoms with Crippen LogP contribution in [0, 0.1) is 0 Å². The lowest BCUT2D eigenvalue weighted by atomic mass is 10.00. The van der Waals surface area contributed by atoms with Crippen LogP contribution in [0.4, 0.5) is 0 Å². The Morgan fingerprint density at radius 1 is 0.955 bits per heavy atom. The summed E-state index contributed by atoms with van der Waals surface area (Å²) in [5.74, 6) is 0. The summed E-state index contributed by atoms with van der Waals surface area (Å²) in [7, 11) is 0. The highest BCUT2D eigenvalue weighted by Crippen LogP contribution is 2.25. The molecule has 2 aromatic carbocycles. The Morgan fingerprint density at radius 3 is 2.55 bits per heavy atom. The highest BCUT2D eigenvalue weighted by Gasteiger charge is 2.14.